The fraction of sp³-hybridized carbons (Fsp3) is 0.667. The maximum absolute atomic E-state index is 3.16. The van der Waals surface area contributed by atoms with Crippen LogP contribution in [0.2, 0.25) is 0 Å². The van der Waals surface area contributed by atoms with E-state index in [0.29, 0.717) is 0 Å². The minimum absolute atomic E-state index is 0.198. The van der Waals surface area contributed by atoms with Crippen molar-refractivity contribution < 1.29 is 24.2 Å². The van der Waals surface area contributed by atoms with Crippen molar-refractivity contribution in [3.8, 4) is 0 Å². The van der Waals surface area contributed by atoms with Crippen LogP contribution >= 0.6 is 0 Å². The third-order valence-corrected chi connectivity index (χ3v) is 0.932. The van der Waals surface area contributed by atoms with Gasteiger partial charge in [0.15, 0.2) is 0 Å². The second-order valence-corrected chi connectivity index (χ2v) is 3.39. The van der Waals surface area contributed by atoms with Crippen molar-refractivity contribution in [2.24, 2.45) is 0 Å². The molecule has 0 spiro atoms. The quantitative estimate of drug-likeness (QED) is 0.643. The van der Waals surface area contributed by atoms with E-state index >= 15 is 0 Å². The average molecular weight is 188 g/mol. The molecule has 1 nitrogen and oxygen atoms in total. The van der Waals surface area contributed by atoms with E-state index in [4.69, 9.17) is 0 Å². The molecule has 1 N–H and O–H groups in total. The predicted octanol–water partition coefficient (Wildman–Crippen LogP) is 0.836. The Kier molecular flexibility index (Phi) is 3.52. The zero-order chi connectivity index (χ0) is 6.62. The van der Waals surface area contributed by atoms with Gasteiger partial charge in [0.1, 0.15) is 0 Å². The molecule has 0 aromatic carbocycles. The van der Waals surface area contributed by atoms with E-state index in [0.717, 1.165) is 0 Å². The summed E-state index contributed by atoms with van der Waals surface area (Å²) in [5.74, 6) is 0. The Morgan fingerprint density at radius 2 is 2.00 bits per heavy atom. The number of nitrogens with one attached hydrogen (secondary N) is 1. The Morgan fingerprint density at radius 1 is 1.50 bits per heavy atom. The van der Waals surface area contributed by atoms with Crippen LogP contribution < -0.4 is 5.32 Å². The van der Waals surface area contributed by atoms with Gasteiger partial charge in [-0.2, -0.15) is 0 Å². The molecule has 0 saturated heterocycles. The molecular formula is C6H11NZr. The van der Waals surface area contributed by atoms with Gasteiger partial charge in [-0.3, -0.25) is 0 Å². The second kappa shape index (κ2) is 3.38. The van der Waals surface area contributed by atoms with Gasteiger partial charge in [0.25, 0.3) is 0 Å². The molecule has 2 heteroatoms. The van der Waals surface area contributed by atoms with E-state index in [2.05, 4.69) is 29.5 Å². The minimum atomic E-state index is 0.198. The molecule has 0 aliphatic carbocycles. The van der Waals surface area contributed by atoms with Crippen LogP contribution in [0.1, 0.15) is 20.8 Å². The van der Waals surface area contributed by atoms with Crippen molar-refractivity contribution in [3.05, 3.63) is 6.20 Å². The van der Waals surface area contributed by atoms with Gasteiger partial charge in [0.05, 0.1) is 0 Å². The first kappa shape index (κ1) is 8.33. The molecule has 8 heavy (non-hydrogen) atoms. The van der Waals surface area contributed by atoms with E-state index in [-0.39, 0.29) is 5.54 Å². The van der Waals surface area contributed by atoms with Crippen molar-refractivity contribution in [1.29, 1.82) is 0 Å². The molecule has 0 saturated carbocycles. The zero-order valence-electron chi connectivity index (χ0n) is 5.58. The summed E-state index contributed by atoms with van der Waals surface area (Å²) in [6, 6.07) is 0. The van der Waals surface area contributed by atoms with Gasteiger partial charge in [-0.25, -0.2) is 0 Å². The summed E-state index contributed by atoms with van der Waals surface area (Å²) in [5.41, 5.74) is 0.198. The van der Waals surface area contributed by atoms with Crippen LogP contribution in [0.4, 0.5) is 0 Å². The number of hydrogen-bond donors (Lipinski definition) is 1. The van der Waals surface area contributed by atoms with Crippen molar-refractivity contribution in [2.45, 2.75) is 26.3 Å². The van der Waals surface area contributed by atoms with E-state index < -0.39 is 0 Å². The summed E-state index contributed by atoms with van der Waals surface area (Å²) in [7, 11) is 0. The summed E-state index contributed by atoms with van der Waals surface area (Å²) < 4.78 is 2.98. The Balaban J connectivity index is 3.55. The Hall–Kier alpha value is 0.333. The van der Waals surface area contributed by atoms with Crippen LogP contribution in [0.25, 0.3) is 0 Å². The molecular weight excluding hydrogens is 177 g/mol. The fourth-order valence-corrected chi connectivity index (χ4v) is 0.430. The average Bonchev–Trinajstić information content (AvgIpc) is 1.59. The topological polar surface area (TPSA) is 12.0 Å². The standard InChI is InChI=1S/C6H11N.Zr/c1-5-7-6(2,3)4;/h5,7H,2-4H3;. The van der Waals surface area contributed by atoms with Crippen molar-refractivity contribution in [1.82, 2.24) is 5.32 Å². The summed E-state index contributed by atoms with van der Waals surface area (Å²) in [6.07, 6.45) is 1.87. The molecule has 0 unspecified atom stereocenters. The van der Waals surface area contributed by atoms with Gasteiger partial charge in [-0.1, -0.05) is 0 Å². The molecule has 0 aromatic rings. The van der Waals surface area contributed by atoms with Gasteiger partial charge in [0, 0.05) is 0 Å². The van der Waals surface area contributed by atoms with Crippen LogP contribution in [-0.2, 0) is 24.2 Å². The normalized spacial score (nSPS) is 9.75. The molecule has 0 atom stereocenters. The first-order valence-corrected chi connectivity index (χ1v) is 3.81. The van der Waals surface area contributed by atoms with E-state index in [1.54, 1.807) is 0 Å². The third-order valence-electron chi connectivity index (χ3n) is 0.577. The van der Waals surface area contributed by atoms with Crippen LogP contribution in [0.3, 0.4) is 0 Å². The third kappa shape index (κ3) is 6.33. The molecule has 0 bridgehead atoms. The van der Waals surface area contributed by atoms with Gasteiger partial charge >= 0.3 is 65.4 Å². The van der Waals surface area contributed by atoms with E-state index in [1.807, 2.05) is 6.20 Å². The number of rotatable bonds is 1. The molecule has 0 radical (unpaired) electrons. The van der Waals surface area contributed by atoms with Gasteiger partial charge in [-0.05, 0) is 0 Å². The number of hydrogen-bond acceptors (Lipinski definition) is 1. The van der Waals surface area contributed by atoms with E-state index in [1.165, 1.54) is 24.2 Å². The summed E-state index contributed by atoms with van der Waals surface area (Å²) in [4.78, 5) is 0. The van der Waals surface area contributed by atoms with Crippen LogP contribution in [0.5, 0.6) is 0 Å². The Labute approximate surface area is 65.5 Å². The molecule has 0 amide bonds. The SMILES string of the molecule is CC(C)(C)NC=[C]=[Zr]. The summed E-state index contributed by atoms with van der Waals surface area (Å²) >= 11 is 1.32. The van der Waals surface area contributed by atoms with Gasteiger partial charge in [-0.15, -0.1) is 0 Å². The van der Waals surface area contributed by atoms with Crippen molar-refractivity contribution in [2.75, 3.05) is 0 Å². The molecule has 44 valence electrons. The zero-order valence-corrected chi connectivity index (χ0v) is 8.04. The molecule has 0 aliphatic rings. The molecule has 0 heterocycles. The van der Waals surface area contributed by atoms with Crippen molar-refractivity contribution >= 4 is 3.36 Å². The van der Waals surface area contributed by atoms with Gasteiger partial charge in [0.2, 0.25) is 0 Å². The first-order valence-electron chi connectivity index (χ1n) is 2.58. The summed E-state index contributed by atoms with van der Waals surface area (Å²) in [5, 5.41) is 3.16. The van der Waals surface area contributed by atoms with E-state index in [9.17, 15) is 0 Å². The molecule has 0 fully saturated rings. The molecule has 0 aliphatic heterocycles. The van der Waals surface area contributed by atoms with Crippen LogP contribution in [-0.4, -0.2) is 8.90 Å². The molecule has 0 rings (SSSR count). The first-order chi connectivity index (χ1) is 3.56. The van der Waals surface area contributed by atoms with Crippen LogP contribution in [0.15, 0.2) is 6.20 Å². The fourth-order valence-electron chi connectivity index (χ4n) is 0.253. The molecule has 0 aromatic heterocycles. The maximum atomic E-state index is 3.16. The Morgan fingerprint density at radius 3 is 2.12 bits per heavy atom. The second-order valence-electron chi connectivity index (χ2n) is 2.68. The predicted molar refractivity (Wildman–Crippen MR) is 32.5 cm³/mol. The monoisotopic (exact) mass is 187 g/mol. The van der Waals surface area contributed by atoms with Gasteiger partial charge < -0.3 is 0 Å². The van der Waals surface area contributed by atoms with Crippen LogP contribution in [0, 0.1) is 0 Å². The summed E-state index contributed by atoms with van der Waals surface area (Å²) in [6.45, 7) is 6.37. The van der Waals surface area contributed by atoms with Crippen molar-refractivity contribution in [3.63, 3.8) is 0 Å². The Bertz CT molecular complexity index is 106.